The Morgan fingerprint density at radius 1 is 1.16 bits per heavy atom. The number of hydrogen-bond acceptors (Lipinski definition) is 5. The largest absolute Gasteiger partial charge is 0.436 e. The fourth-order valence-electron chi connectivity index (χ4n) is 2.88. The van der Waals surface area contributed by atoms with Gasteiger partial charge in [-0.05, 0) is 54.1 Å². The number of nitrogens with zero attached hydrogens (tertiary/aromatic N) is 2. The minimum atomic E-state index is -0.592. The summed E-state index contributed by atoms with van der Waals surface area (Å²) in [4.78, 5) is 26.9. The van der Waals surface area contributed by atoms with E-state index in [9.17, 15) is 19.3 Å². The zero-order valence-electron chi connectivity index (χ0n) is 15.7. The molecule has 0 saturated carbocycles. The van der Waals surface area contributed by atoms with E-state index < -0.39 is 16.6 Å². The topological polar surface area (TPSA) is 98.3 Å². The minimum Gasteiger partial charge on any atom is -0.436 e. The van der Waals surface area contributed by atoms with Crippen molar-refractivity contribution in [2.75, 3.05) is 5.32 Å². The van der Waals surface area contributed by atoms with E-state index in [4.69, 9.17) is 16.0 Å². The summed E-state index contributed by atoms with van der Waals surface area (Å²) in [6.45, 7) is 0. The second-order valence-corrected chi connectivity index (χ2v) is 6.91. The molecule has 3 aromatic carbocycles. The molecule has 0 bridgehead atoms. The van der Waals surface area contributed by atoms with Gasteiger partial charge in [-0.25, -0.2) is 9.37 Å². The summed E-state index contributed by atoms with van der Waals surface area (Å²) in [5.41, 5.74) is 2.17. The van der Waals surface area contributed by atoms with Crippen molar-refractivity contribution in [1.82, 2.24) is 4.98 Å². The zero-order valence-corrected chi connectivity index (χ0v) is 16.5. The van der Waals surface area contributed by atoms with Gasteiger partial charge < -0.3 is 9.73 Å². The molecule has 0 unspecified atom stereocenters. The van der Waals surface area contributed by atoms with Crippen molar-refractivity contribution in [2.45, 2.75) is 0 Å². The number of aromatic nitrogens is 1. The van der Waals surface area contributed by atoms with E-state index in [1.807, 2.05) is 0 Å². The van der Waals surface area contributed by atoms with E-state index in [-0.39, 0.29) is 16.6 Å². The van der Waals surface area contributed by atoms with Crippen LogP contribution in [0, 0.1) is 15.9 Å². The number of nitro benzene ring substituents is 1. The molecule has 0 aliphatic carbocycles. The molecule has 4 rings (SSSR count). The van der Waals surface area contributed by atoms with Crippen LogP contribution < -0.4 is 5.32 Å². The van der Waals surface area contributed by atoms with Gasteiger partial charge in [0.1, 0.15) is 16.4 Å². The summed E-state index contributed by atoms with van der Waals surface area (Å²) in [5.74, 6) is -0.571. The van der Waals surface area contributed by atoms with Gasteiger partial charge in [0.15, 0.2) is 5.58 Å². The minimum absolute atomic E-state index is 0.0186. The maximum absolute atomic E-state index is 13.4. The fourth-order valence-corrected chi connectivity index (χ4v) is 3.07. The lowest BCUT2D eigenvalue weighted by Crippen LogP contribution is -2.07. The Morgan fingerprint density at radius 3 is 2.77 bits per heavy atom. The molecule has 7 nitrogen and oxygen atoms in total. The van der Waals surface area contributed by atoms with Crippen molar-refractivity contribution in [3.05, 3.63) is 93.3 Å². The van der Waals surface area contributed by atoms with Crippen LogP contribution in [0.25, 0.3) is 28.6 Å². The van der Waals surface area contributed by atoms with Gasteiger partial charge in [-0.2, -0.15) is 0 Å². The Morgan fingerprint density at radius 2 is 2.00 bits per heavy atom. The highest BCUT2D eigenvalue weighted by Gasteiger charge is 2.12. The highest BCUT2D eigenvalue weighted by Crippen LogP contribution is 2.27. The predicted molar refractivity (Wildman–Crippen MR) is 115 cm³/mol. The van der Waals surface area contributed by atoms with Gasteiger partial charge in [0.25, 0.3) is 5.69 Å². The SMILES string of the molecule is O=C(/C=C/c1ccc(Cl)c([N+](=O)[O-])c1)Nc1ccc2oc(-c3cccc(F)c3)nc2c1. The standard InChI is InChI=1S/C22H13ClFN3O4/c23-17-7-4-13(10-19(17)27(29)30)5-9-21(28)25-16-6-8-20-18(12-16)26-22(31-20)14-2-1-3-15(24)11-14/h1-12H,(H,25,28)/b9-5+. The lowest BCUT2D eigenvalue weighted by Gasteiger charge is -2.01. The molecule has 1 heterocycles. The molecule has 31 heavy (non-hydrogen) atoms. The third kappa shape index (κ3) is 4.59. The van der Waals surface area contributed by atoms with Gasteiger partial charge >= 0.3 is 0 Å². The van der Waals surface area contributed by atoms with Crippen molar-refractivity contribution < 1.29 is 18.5 Å². The maximum Gasteiger partial charge on any atom is 0.288 e. The van der Waals surface area contributed by atoms with Crippen molar-refractivity contribution >= 4 is 46.1 Å². The summed E-state index contributed by atoms with van der Waals surface area (Å²) >= 11 is 5.78. The second-order valence-electron chi connectivity index (χ2n) is 6.50. The summed E-state index contributed by atoms with van der Waals surface area (Å²) in [6.07, 6.45) is 2.69. The van der Waals surface area contributed by atoms with Crippen LogP contribution in [0.15, 0.2) is 71.2 Å². The van der Waals surface area contributed by atoms with Crippen molar-refractivity contribution in [3.63, 3.8) is 0 Å². The molecular formula is C22H13ClFN3O4. The number of hydrogen-bond donors (Lipinski definition) is 1. The number of anilines is 1. The molecule has 0 radical (unpaired) electrons. The van der Waals surface area contributed by atoms with E-state index in [1.165, 1.54) is 36.4 Å². The molecule has 0 aliphatic rings. The Bertz CT molecular complexity index is 1350. The number of nitrogens with one attached hydrogen (secondary N) is 1. The van der Waals surface area contributed by atoms with Crippen LogP contribution in [-0.4, -0.2) is 15.8 Å². The summed E-state index contributed by atoms with van der Waals surface area (Å²) < 4.78 is 19.1. The molecule has 0 spiro atoms. The lowest BCUT2D eigenvalue weighted by molar-refractivity contribution is -0.384. The van der Waals surface area contributed by atoms with Gasteiger partial charge in [-0.15, -0.1) is 0 Å². The van der Waals surface area contributed by atoms with Crippen LogP contribution in [0.4, 0.5) is 15.8 Å². The third-order valence-corrected chi connectivity index (χ3v) is 4.64. The third-order valence-electron chi connectivity index (χ3n) is 4.32. The van der Waals surface area contributed by atoms with Gasteiger partial charge in [0.05, 0.1) is 4.92 Å². The van der Waals surface area contributed by atoms with Crippen LogP contribution in [0.3, 0.4) is 0 Å². The quantitative estimate of drug-likeness (QED) is 0.240. The fraction of sp³-hybridized carbons (Fsp3) is 0. The number of rotatable bonds is 5. The lowest BCUT2D eigenvalue weighted by atomic mass is 10.2. The van der Waals surface area contributed by atoms with Gasteiger partial charge in [0, 0.05) is 23.4 Å². The number of oxazole rings is 1. The number of halogens is 2. The molecule has 0 fully saturated rings. The Kier molecular flexibility index (Phi) is 5.46. The number of carbonyl (C=O) groups is 1. The van der Waals surface area contributed by atoms with Crippen molar-refractivity contribution in [2.24, 2.45) is 0 Å². The first-order valence-electron chi connectivity index (χ1n) is 8.98. The molecule has 0 atom stereocenters. The molecule has 1 amide bonds. The predicted octanol–water partition coefficient (Wildman–Crippen LogP) is 5.85. The van der Waals surface area contributed by atoms with E-state index in [2.05, 4.69) is 10.3 Å². The zero-order chi connectivity index (χ0) is 22.0. The smallest absolute Gasteiger partial charge is 0.288 e. The number of fused-ring (bicyclic) bond motifs is 1. The van der Waals surface area contributed by atoms with Crippen molar-refractivity contribution in [1.29, 1.82) is 0 Å². The first-order valence-corrected chi connectivity index (χ1v) is 9.36. The van der Waals surface area contributed by atoms with E-state index in [1.54, 1.807) is 36.4 Å². The highest BCUT2D eigenvalue weighted by atomic mass is 35.5. The highest BCUT2D eigenvalue weighted by molar-refractivity contribution is 6.32. The average Bonchev–Trinajstić information content (AvgIpc) is 3.16. The van der Waals surface area contributed by atoms with E-state index in [0.717, 1.165) is 0 Å². The second kappa shape index (κ2) is 8.37. The van der Waals surface area contributed by atoms with Crippen LogP contribution in [0.1, 0.15) is 5.56 Å². The van der Waals surface area contributed by atoms with E-state index in [0.29, 0.717) is 27.9 Å². The van der Waals surface area contributed by atoms with Crippen LogP contribution in [0.5, 0.6) is 0 Å². The van der Waals surface area contributed by atoms with Gasteiger partial charge in [-0.3, -0.25) is 14.9 Å². The number of amides is 1. The molecular weight excluding hydrogens is 425 g/mol. The Balaban J connectivity index is 1.50. The molecule has 0 saturated heterocycles. The molecule has 9 heteroatoms. The van der Waals surface area contributed by atoms with Gasteiger partial charge in [0.2, 0.25) is 11.8 Å². The summed E-state index contributed by atoms with van der Waals surface area (Å²) in [7, 11) is 0. The van der Waals surface area contributed by atoms with Crippen LogP contribution in [-0.2, 0) is 4.79 Å². The molecule has 0 aliphatic heterocycles. The monoisotopic (exact) mass is 437 g/mol. The average molecular weight is 438 g/mol. The number of nitro groups is 1. The first kappa shape index (κ1) is 20.2. The number of benzene rings is 3. The maximum atomic E-state index is 13.4. The molecule has 4 aromatic rings. The molecule has 1 aromatic heterocycles. The molecule has 154 valence electrons. The number of carbonyl (C=O) groups excluding carboxylic acids is 1. The van der Waals surface area contributed by atoms with Crippen LogP contribution >= 0.6 is 11.6 Å². The molecule has 1 N–H and O–H groups in total. The normalized spacial score (nSPS) is 11.2. The van der Waals surface area contributed by atoms with Crippen LogP contribution in [0.2, 0.25) is 5.02 Å². The first-order chi connectivity index (χ1) is 14.9. The summed E-state index contributed by atoms with van der Waals surface area (Å²) in [6, 6.07) is 15.0. The Labute approximate surface area is 179 Å². The summed E-state index contributed by atoms with van der Waals surface area (Å²) in [5, 5.41) is 13.7. The van der Waals surface area contributed by atoms with Crippen molar-refractivity contribution in [3.8, 4) is 11.5 Å². The van der Waals surface area contributed by atoms with Gasteiger partial charge in [-0.1, -0.05) is 23.7 Å². The Hall–Kier alpha value is -4.04. The van der Waals surface area contributed by atoms with E-state index >= 15 is 0 Å².